The Kier molecular flexibility index (Phi) is 4.20. The van der Waals surface area contributed by atoms with Crippen molar-refractivity contribution in [2.24, 2.45) is 5.73 Å². The monoisotopic (exact) mass is 259 g/mol. The van der Waals surface area contributed by atoms with Gasteiger partial charge in [-0.2, -0.15) is 5.26 Å². The second-order valence-electron chi connectivity index (χ2n) is 5.40. The largest absolute Gasteiger partial charge is 0.373 e. The Hall–Kier alpha value is -1.41. The molecule has 3 atom stereocenters. The third-order valence-electron chi connectivity index (χ3n) is 3.46. The first-order chi connectivity index (χ1) is 9.03. The molecule has 2 rings (SSSR count). The molecule has 102 valence electrons. The summed E-state index contributed by atoms with van der Waals surface area (Å²) in [5.41, 5.74) is 6.20. The number of benzene rings is 1. The number of morpholine rings is 1. The quantitative estimate of drug-likeness (QED) is 0.893. The van der Waals surface area contributed by atoms with Crippen LogP contribution >= 0.6 is 0 Å². The lowest BCUT2D eigenvalue weighted by atomic mass is 9.91. The first-order valence-electron chi connectivity index (χ1n) is 6.67. The molecule has 0 aliphatic carbocycles. The van der Waals surface area contributed by atoms with Crippen LogP contribution in [0.15, 0.2) is 30.3 Å². The molecule has 1 aliphatic heterocycles. The molecule has 0 spiro atoms. The average Bonchev–Trinajstić information content (AvgIpc) is 2.38. The maximum absolute atomic E-state index is 9.47. The van der Waals surface area contributed by atoms with E-state index >= 15 is 0 Å². The minimum atomic E-state index is -0.960. The van der Waals surface area contributed by atoms with Gasteiger partial charge in [-0.25, -0.2) is 0 Å². The summed E-state index contributed by atoms with van der Waals surface area (Å²) in [5.74, 6) is 0. The van der Waals surface area contributed by atoms with Gasteiger partial charge in [0.15, 0.2) is 0 Å². The highest BCUT2D eigenvalue weighted by molar-refractivity contribution is 5.31. The molecule has 4 heteroatoms. The van der Waals surface area contributed by atoms with E-state index < -0.39 is 5.54 Å². The standard InChI is InChI=1S/C15H21N3O/c1-12-8-18(9-13(2)19-12)11-15(17,10-16)14-6-4-3-5-7-14/h3-7,12-13H,8-9,11,17H2,1-2H3. The lowest BCUT2D eigenvalue weighted by Crippen LogP contribution is -2.53. The summed E-state index contributed by atoms with van der Waals surface area (Å²) in [4.78, 5) is 2.22. The fraction of sp³-hybridized carbons (Fsp3) is 0.533. The van der Waals surface area contributed by atoms with Crippen molar-refractivity contribution in [2.75, 3.05) is 19.6 Å². The van der Waals surface area contributed by atoms with E-state index in [0.717, 1.165) is 18.7 Å². The highest BCUT2D eigenvalue weighted by Gasteiger charge is 2.33. The average molecular weight is 259 g/mol. The molecular formula is C15H21N3O. The molecule has 1 aromatic rings. The first-order valence-corrected chi connectivity index (χ1v) is 6.67. The summed E-state index contributed by atoms with van der Waals surface area (Å²) >= 11 is 0. The van der Waals surface area contributed by atoms with Gasteiger partial charge < -0.3 is 10.5 Å². The van der Waals surface area contributed by atoms with E-state index in [1.807, 2.05) is 30.3 Å². The van der Waals surface area contributed by atoms with Crippen molar-refractivity contribution < 1.29 is 4.74 Å². The fourth-order valence-corrected chi connectivity index (χ4v) is 2.69. The van der Waals surface area contributed by atoms with Crippen molar-refractivity contribution in [2.45, 2.75) is 31.6 Å². The van der Waals surface area contributed by atoms with Gasteiger partial charge >= 0.3 is 0 Å². The number of rotatable bonds is 3. The first kappa shape index (κ1) is 14.0. The fourth-order valence-electron chi connectivity index (χ4n) is 2.69. The van der Waals surface area contributed by atoms with Crippen molar-refractivity contribution in [1.82, 2.24) is 4.90 Å². The molecule has 0 amide bonds. The third-order valence-corrected chi connectivity index (χ3v) is 3.46. The molecule has 1 aliphatic rings. The second kappa shape index (κ2) is 5.70. The highest BCUT2D eigenvalue weighted by atomic mass is 16.5. The van der Waals surface area contributed by atoms with Gasteiger partial charge in [0.05, 0.1) is 18.3 Å². The molecule has 19 heavy (non-hydrogen) atoms. The zero-order valence-corrected chi connectivity index (χ0v) is 11.5. The van der Waals surface area contributed by atoms with Crippen LogP contribution in [0.2, 0.25) is 0 Å². The Morgan fingerprint density at radius 3 is 2.42 bits per heavy atom. The number of hydrogen-bond acceptors (Lipinski definition) is 4. The van der Waals surface area contributed by atoms with Crippen LogP contribution in [0.4, 0.5) is 0 Å². The Bertz CT molecular complexity index is 446. The summed E-state index contributed by atoms with van der Waals surface area (Å²) in [7, 11) is 0. The summed E-state index contributed by atoms with van der Waals surface area (Å²) in [6.45, 7) is 6.27. The molecular weight excluding hydrogens is 238 g/mol. The number of ether oxygens (including phenoxy) is 1. The van der Waals surface area contributed by atoms with E-state index in [9.17, 15) is 5.26 Å². The topological polar surface area (TPSA) is 62.3 Å². The zero-order chi connectivity index (χ0) is 13.9. The lowest BCUT2D eigenvalue weighted by molar-refractivity contribution is -0.0711. The van der Waals surface area contributed by atoms with Crippen molar-refractivity contribution in [3.8, 4) is 6.07 Å². The molecule has 0 bridgehead atoms. The van der Waals surface area contributed by atoms with Crippen molar-refractivity contribution >= 4 is 0 Å². The Balaban J connectivity index is 2.13. The molecule has 0 aromatic heterocycles. The van der Waals surface area contributed by atoms with Crippen LogP contribution in [0.5, 0.6) is 0 Å². The summed E-state index contributed by atoms with van der Waals surface area (Å²) in [6.07, 6.45) is 0.366. The van der Waals surface area contributed by atoms with E-state index in [4.69, 9.17) is 10.5 Å². The molecule has 0 radical (unpaired) electrons. The lowest BCUT2D eigenvalue weighted by Gasteiger charge is -2.38. The van der Waals surface area contributed by atoms with E-state index in [0.29, 0.717) is 6.54 Å². The van der Waals surface area contributed by atoms with Gasteiger partial charge in [0.1, 0.15) is 5.54 Å². The summed E-state index contributed by atoms with van der Waals surface area (Å²) in [6, 6.07) is 11.9. The van der Waals surface area contributed by atoms with Crippen molar-refractivity contribution in [3.05, 3.63) is 35.9 Å². The Morgan fingerprint density at radius 2 is 1.89 bits per heavy atom. The smallest absolute Gasteiger partial charge is 0.142 e. The summed E-state index contributed by atoms with van der Waals surface area (Å²) in [5, 5.41) is 9.47. The molecule has 3 unspecified atom stereocenters. The second-order valence-corrected chi connectivity index (χ2v) is 5.40. The third kappa shape index (κ3) is 3.32. The van der Waals surface area contributed by atoms with Crippen LogP contribution in [0.3, 0.4) is 0 Å². The number of nitriles is 1. The molecule has 1 fully saturated rings. The normalized spacial score (nSPS) is 27.5. The van der Waals surface area contributed by atoms with Gasteiger partial charge in [0.25, 0.3) is 0 Å². The van der Waals surface area contributed by atoms with E-state index in [-0.39, 0.29) is 12.2 Å². The molecule has 1 saturated heterocycles. The van der Waals surface area contributed by atoms with Gasteiger partial charge in [0, 0.05) is 19.6 Å². The van der Waals surface area contributed by atoms with Gasteiger partial charge in [-0.15, -0.1) is 0 Å². The Morgan fingerprint density at radius 1 is 1.32 bits per heavy atom. The SMILES string of the molecule is CC1CN(CC(N)(C#N)c2ccccc2)CC(C)O1. The maximum Gasteiger partial charge on any atom is 0.142 e. The van der Waals surface area contributed by atoms with Gasteiger partial charge in [-0.3, -0.25) is 4.90 Å². The van der Waals surface area contributed by atoms with E-state index in [1.54, 1.807) is 0 Å². The van der Waals surface area contributed by atoms with Crippen LogP contribution in [0.25, 0.3) is 0 Å². The number of nitrogens with two attached hydrogens (primary N) is 1. The van der Waals surface area contributed by atoms with Gasteiger partial charge in [-0.1, -0.05) is 30.3 Å². The molecule has 1 heterocycles. The predicted octanol–water partition coefficient (Wildman–Crippen LogP) is 1.47. The molecule has 1 aromatic carbocycles. The zero-order valence-electron chi connectivity index (χ0n) is 11.5. The van der Waals surface area contributed by atoms with E-state index in [2.05, 4.69) is 24.8 Å². The van der Waals surface area contributed by atoms with Crippen molar-refractivity contribution in [3.63, 3.8) is 0 Å². The van der Waals surface area contributed by atoms with Gasteiger partial charge in [-0.05, 0) is 19.4 Å². The predicted molar refractivity (Wildman–Crippen MR) is 74.4 cm³/mol. The highest BCUT2D eigenvalue weighted by Crippen LogP contribution is 2.21. The Labute approximate surface area is 114 Å². The van der Waals surface area contributed by atoms with Gasteiger partial charge in [0.2, 0.25) is 0 Å². The van der Waals surface area contributed by atoms with Crippen molar-refractivity contribution in [1.29, 1.82) is 5.26 Å². The van der Waals surface area contributed by atoms with Crippen LogP contribution in [0, 0.1) is 11.3 Å². The summed E-state index contributed by atoms with van der Waals surface area (Å²) < 4.78 is 5.70. The van der Waals surface area contributed by atoms with Crippen LogP contribution in [-0.2, 0) is 10.3 Å². The maximum atomic E-state index is 9.47. The minimum absolute atomic E-state index is 0.183. The molecule has 4 nitrogen and oxygen atoms in total. The van der Waals surface area contributed by atoms with E-state index in [1.165, 1.54) is 0 Å². The number of nitrogens with zero attached hydrogens (tertiary/aromatic N) is 2. The molecule has 2 N–H and O–H groups in total. The van der Waals surface area contributed by atoms with Crippen LogP contribution in [-0.4, -0.2) is 36.7 Å². The minimum Gasteiger partial charge on any atom is -0.373 e. The molecule has 0 saturated carbocycles. The van der Waals surface area contributed by atoms with Crippen LogP contribution in [0.1, 0.15) is 19.4 Å². The number of hydrogen-bond donors (Lipinski definition) is 1. The van der Waals surface area contributed by atoms with Crippen LogP contribution < -0.4 is 5.73 Å².